The first-order valence-electron chi connectivity index (χ1n) is 12.9. The van der Waals surface area contributed by atoms with Crippen molar-refractivity contribution in [3.8, 4) is 0 Å². The van der Waals surface area contributed by atoms with Crippen LogP contribution >= 0.6 is 19.5 Å². The highest BCUT2D eigenvalue weighted by Gasteiger charge is 2.54. The number of alkyl halides is 3. The van der Waals surface area contributed by atoms with Gasteiger partial charge in [0.2, 0.25) is 0 Å². The number of nitrogen functional groups attached to an aromatic ring is 1. The summed E-state index contributed by atoms with van der Waals surface area (Å²) in [4.78, 5) is 28.1. The fraction of sp³-hybridized carbons (Fsp3) is 0.560. The summed E-state index contributed by atoms with van der Waals surface area (Å²) >= 11 is 0.831. The molecule has 1 saturated heterocycles. The molecule has 0 saturated carbocycles. The van der Waals surface area contributed by atoms with Crippen molar-refractivity contribution in [2.24, 2.45) is 5.41 Å². The van der Waals surface area contributed by atoms with Gasteiger partial charge < -0.3 is 25.8 Å². The van der Waals surface area contributed by atoms with Gasteiger partial charge in [0, 0.05) is 18.5 Å². The molecule has 43 heavy (non-hydrogen) atoms. The average molecular weight is 655 g/mol. The minimum absolute atomic E-state index is 0.0178. The van der Waals surface area contributed by atoms with Crippen LogP contribution in [0, 0.1) is 5.41 Å². The van der Waals surface area contributed by atoms with Crippen LogP contribution in [0.2, 0.25) is 0 Å². The van der Waals surface area contributed by atoms with Gasteiger partial charge in [-0.1, -0.05) is 23.9 Å². The predicted octanol–water partition coefficient (Wildman–Crippen LogP) is 2.06. The molecule has 0 bridgehead atoms. The van der Waals surface area contributed by atoms with Crippen molar-refractivity contribution in [3.63, 3.8) is 0 Å². The Labute approximate surface area is 249 Å². The number of nitrogens with zero attached hydrogens (tertiary/aromatic N) is 2. The molecule has 13 nitrogen and oxygen atoms in total. The standard InChI is InChI=1S/C25H34F3N4O9PS/c1-23(2,14-33)21(35)43-11-10-39-42(38,30-12-15-4-6-16(7-5-15)25(26,27)28)40-13-17-19(34)24(3,37)20(41-17)32-9-8-18(29)31-22(32)36/h4-9,17,19-20,33-34,37H,10-14H2,1-3H3,(H,30,38)(H2,29,31,36)/t17-,19+,20-,24?,42?/m1/s1. The third-order valence-electron chi connectivity index (χ3n) is 6.55. The molecule has 0 amide bonds. The second-order valence-electron chi connectivity index (χ2n) is 10.6. The first-order chi connectivity index (χ1) is 19.9. The molecule has 1 aliphatic rings. The van der Waals surface area contributed by atoms with Gasteiger partial charge in [-0.25, -0.2) is 14.4 Å². The Hall–Kier alpha value is -2.34. The number of nitrogens with two attached hydrogens (primary N) is 1. The van der Waals surface area contributed by atoms with E-state index in [-0.39, 0.29) is 36.4 Å². The summed E-state index contributed by atoms with van der Waals surface area (Å²) in [5.41, 5.74) is 1.05. The average Bonchev–Trinajstić information content (AvgIpc) is 3.16. The smallest absolute Gasteiger partial charge is 0.395 e. The van der Waals surface area contributed by atoms with Crippen molar-refractivity contribution >= 4 is 30.4 Å². The largest absolute Gasteiger partial charge is 0.416 e. The Morgan fingerprint density at radius 1 is 1.26 bits per heavy atom. The summed E-state index contributed by atoms with van der Waals surface area (Å²) in [5, 5.41) is 33.2. The number of carbonyl (C=O) groups is 1. The summed E-state index contributed by atoms with van der Waals surface area (Å²) in [5.74, 6) is -0.0550. The number of rotatable bonds is 13. The Morgan fingerprint density at radius 2 is 1.91 bits per heavy atom. The Kier molecular flexibility index (Phi) is 11.2. The van der Waals surface area contributed by atoms with Gasteiger partial charge in [-0.05, 0) is 44.5 Å². The highest BCUT2D eigenvalue weighted by atomic mass is 32.2. The van der Waals surface area contributed by atoms with Gasteiger partial charge in [-0.15, -0.1) is 0 Å². The molecule has 6 N–H and O–H groups in total. The maximum absolute atomic E-state index is 13.6. The molecule has 0 spiro atoms. The van der Waals surface area contributed by atoms with Crippen LogP contribution in [-0.4, -0.2) is 73.4 Å². The molecular formula is C25H34F3N4O9PS. The second-order valence-corrected chi connectivity index (χ2v) is 13.5. The van der Waals surface area contributed by atoms with Crippen molar-refractivity contribution in [1.29, 1.82) is 0 Å². The van der Waals surface area contributed by atoms with E-state index < -0.39 is 61.2 Å². The number of aliphatic hydroxyl groups is 3. The van der Waals surface area contributed by atoms with Crippen LogP contribution in [0.4, 0.5) is 19.0 Å². The highest BCUT2D eigenvalue weighted by molar-refractivity contribution is 8.13. The molecule has 0 aliphatic carbocycles. The van der Waals surface area contributed by atoms with Gasteiger partial charge >= 0.3 is 19.6 Å². The number of aromatic nitrogens is 2. The molecule has 1 aliphatic heterocycles. The molecule has 2 aromatic rings. The van der Waals surface area contributed by atoms with E-state index in [2.05, 4.69) is 10.1 Å². The zero-order valence-corrected chi connectivity index (χ0v) is 25.2. The van der Waals surface area contributed by atoms with E-state index in [0.29, 0.717) is 5.56 Å². The first-order valence-corrected chi connectivity index (χ1v) is 15.4. The number of carbonyl (C=O) groups excluding carboxylic acids is 1. The highest BCUT2D eigenvalue weighted by Crippen LogP contribution is 2.46. The molecule has 5 atom stereocenters. The minimum Gasteiger partial charge on any atom is -0.395 e. The Balaban J connectivity index is 1.72. The number of ether oxygens (including phenoxy) is 1. The maximum atomic E-state index is 13.6. The summed E-state index contributed by atoms with van der Waals surface area (Å²) in [7, 11) is -4.28. The van der Waals surface area contributed by atoms with Crippen LogP contribution in [0.5, 0.6) is 0 Å². The van der Waals surface area contributed by atoms with Crippen molar-refractivity contribution in [3.05, 3.63) is 58.1 Å². The van der Waals surface area contributed by atoms with Gasteiger partial charge in [-0.2, -0.15) is 18.2 Å². The number of halogens is 3. The second kappa shape index (κ2) is 13.7. The van der Waals surface area contributed by atoms with E-state index in [1.54, 1.807) is 13.8 Å². The molecular weight excluding hydrogens is 620 g/mol. The van der Waals surface area contributed by atoms with E-state index in [1.165, 1.54) is 31.3 Å². The third kappa shape index (κ3) is 8.86. The molecule has 2 unspecified atom stereocenters. The van der Waals surface area contributed by atoms with E-state index in [0.717, 1.165) is 28.5 Å². The first kappa shape index (κ1) is 35.1. The quantitative estimate of drug-likeness (QED) is 0.156. The van der Waals surface area contributed by atoms with Crippen molar-refractivity contribution in [1.82, 2.24) is 14.6 Å². The third-order valence-corrected chi connectivity index (χ3v) is 9.29. The molecule has 1 aromatic carbocycles. The topological polar surface area (TPSA) is 195 Å². The van der Waals surface area contributed by atoms with Gasteiger partial charge in [0.1, 0.15) is 23.6 Å². The van der Waals surface area contributed by atoms with Crippen LogP contribution < -0.4 is 16.5 Å². The number of hydrogen-bond acceptors (Lipinski definition) is 12. The van der Waals surface area contributed by atoms with Gasteiger partial charge in [-0.3, -0.25) is 18.4 Å². The lowest BCUT2D eigenvalue weighted by molar-refractivity contribution is -0.137. The number of thioether (sulfide) groups is 1. The fourth-order valence-corrected chi connectivity index (χ4v) is 6.07. The maximum Gasteiger partial charge on any atom is 0.416 e. The normalized spacial score (nSPS) is 24.2. The number of benzene rings is 1. The van der Waals surface area contributed by atoms with Crippen molar-refractivity contribution < 1.29 is 51.6 Å². The summed E-state index contributed by atoms with van der Waals surface area (Å²) < 4.78 is 69.9. The lowest BCUT2D eigenvalue weighted by Crippen LogP contribution is -2.46. The van der Waals surface area contributed by atoms with Gasteiger partial charge in [0.25, 0.3) is 0 Å². The lowest BCUT2D eigenvalue weighted by atomic mass is 9.96. The molecule has 1 aromatic heterocycles. The predicted molar refractivity (Wildman–Crippen MR) is 150 cm³/mol. The van der Waals surface area contributed by atoms with Crippen molar-refractivity contribution in [2.45, 2.75) is 57.5 Å². The van der Waals surface area contributed by atoms with E-state index in [1.807, 2.05) is 0 Å². The molecule has 2 heterocycles. The number of nitrogens with one attached hydrogen (secondary N) is 1. The molecule has 1 fully saturated rings. The van der Waals surface area contributed by atoms with Gasteiger partial charge in [0.15, 0.2) is 11.3 Å². The minimum atomic E-state index is -4.54. The Morgan fingerprint density at radius 3 is 2.49 bits per heavy atom. The van der Waals surface area contributed by atoms with E-state index >= 15 is 0 Å². The zero-order chi connectivity index (χ0) is 32.2. The SMILES string of the molecule is CC(C)(CO)C(=O)SCCOP(=O)(NCc1ccc(C(F)(F)F)cc1)OC[C@H]1O[C@@H](n2ccc(N)nc2=O)C(C)(O)[C@H]1O. The molecule has 18 heteroatoms. The molecule has 0 radical (unpaired) electrons. The zero-order valence-electron chi connectivity index (χ0n) is 23.5. The summed E-state index contributed by atoms with van der Waals surface area (Å²) in [6, 6.07) is 5.35. The summed E-state index contributed by atoms with van der Waals surface area (Å²) in [6.07, 6.45) is -7.71. The fourth-order valence-electron chi connectivity index (χ4n) is 3.83. The number of hydrogen-bond donors (Lipinski definition) is 5. The van der Waals surface area contributed by atoms with Crippen LogP contribution in [0.15, 0.2) is 41.3 Å². The molecule has 3 rings (SSSR count). The van der Waals surface area contributed by atoms with Crippen LogP contribution in [0.3, 0.4) is 0 Å². The number of anilines is 1. The lowest BCUT2D eigenvalue weighted by Gasteiger charge is -2.27. The van der Waals surface area contributed by atoms with E-state index in [9.17, 15) is 42.6 Å². The summed E-state index contributed by atoms with van der Waals surface area (Å²) in [6.45, 7) is 2.77. The monoisotopic (exact) mass is 654 g/mol. The van der Waals surface area contributed by atoms with Crippen LogP contribution in [0.1, 0.15) is 38.1 Å². The van der Waals surface area contributed by atoms with Crippen LogP contribution in [-0.2, 0) is 35.9 Å². The van der Waals surface area contributed by atoms with E-state index in [4.69, 9.17) is 19.5 Å². The van der Waals surface area contributed by atoms with Gasteiger partial charge in [0.05, 0.1) is 30.8 Å². The van der Waals surface area contributed by atoms with Crippen LogP contribution in [0.25, 0.3) is 0 Å². The van der Waals surface area contributed by atoms with Crippen molar-refractivity contribution in [2.75, 3.05) is 31.3 Å². The molecule has 240 valence electrons. The number of aliphatic hydroxyl groups excluding tert-OH is 2. The Bertz CT molecular complexity index is 1370.